The van der Waals surface area contributed by atoms with Crippen molar-refractivity contribution in [3.63, 3.8) is 0 Å². The molecule has 0 spiro atoms. The van der Waals surface area contributed by atoms with E-state index in [1.165, 1.54) is 24.3 Å². The van der Waals surface area contributed by atoms with Gasteiger partial charge in [0.25, 0.3) is 5.91 Å². The van der Waals surface area contributed by atoms with Crippen molar-refractivity contribution in [2.75, 3.05) is 18.5 Å². The Bertz CT molecular complexity index is 997. The van der Waals surface area contributed by atoms with E-state index in [0.717, 1.165) is 12.8 Å². The van der Waals surface area contributed by atoms with Crippen LogP contribution in [0.5, 0.6) is 5.75 Å². The number of pyridine rings is 1. The van der Waals surface area contributed by atoms with Crippen LogP contribution in [0.4, 0.5) is 19.0 Å². The lowest BCUT2D eigenvalue weighted by molar-refractivity contribution is -0.330. The number of aromatic nitrogens is 1. The molecule has 2 N–H and O–H groups in total. The molecule has 1 aliphatic rings. The van der Waals surface area contributed by atoms with Crippen molar-refractivity contribution in [1.82, 2.24) is 10.3 Å². The van der Waals surface area contributed by atoms with Gasteiger partial charge >= 0.3 is 6.36 Å². The van der Waals surface area contributed by atoms with E-state index in [4.69, 9.17) is 16.3 Å². The molecule has 1 aromatic carbocycles. The van der Waals surface area contributed by atoms with Gasteiger partial charge in [-0.05, 0) is 49.6 Å². The molecule has 1 fully saturated rings. The zero-order valence-electron chi connectivity index (χ0n) is 17.1. The lowest BCUT2D eigenvalue weighted by Gasteiger charge is -2.12. The van der Waals surface area contributed by atoms with E-state index in [1.54, 1.807) is 13.0 Å². The smallest absolute Gasteiger partial charge is 0.490 e. The number of anilines is 1. The van der Waals surface area contributed by atoms with Gasteiger partial charge in [-0.2, -0.15) is 0 Å². The third-order valence-corrected chi connectivity index (χ3v) is 4.75. The highest BCUT2D eigenvalue weighted by molar-refractivity contribution is 6.32. The summed E-state index contributed by atoms with van der Waals surface area (Å²) in [4.78, 5) is 28.5. The summed E-state index contributed by atoms with van der Waals surface area (Å²) in [5.74, 6) is 0.137. The van der Waals surface area contributed by atoms with Crippen molar-refractivity contribution in [3.8, 4) is 5.75 Å². The summed E-state index contributed by atoms with van der Waals surface area (Å²) >= 11 is 6.03. The van der Waals surface area contributed by atoms with Gasteiger partial charge in [0.05, 0.1) is 18.2 Å². The summed E-state index contributed by atoms with van der Waals surface area (Å²) in [6, 6.07) is 7.26. The normalized spacial score (nSPS) is 13.5. The van der Waals surface area contributed by atoms with Gasteiger partial charge in [-0.15, -0.1) is 13.2 Å². The van der Waals surface area contributed by atoms with E-state index >= 15 is 0 Å². The SMILES string of the molecule is Cc1cc(C(=O)NCCOc2ccc(COC(F)(F)F)cc2Cl)cc(NC(=O)C2CC2)n1. The van der Waals surface area contributed by atoms with Crippen LogP contribution in [0.15, 0.2) is 30.3 Å². The maximum atomic E-state index is 12.4. The largest absolute Gasteiger partial charge is 0.522 e. The highest BCUT2D eigenvalue weighted by Crippen LogP contribution is 2.30. The molecule has 1 aromatic heterocycles. The molecule has 0 radical (unpaired) electrons. The van der Waals surface area contributed by atoms with Crippen LogP contribution >= 0.6 is 11.6 Å². The molecule has 0 saturated heterocycles. The predicted octanol–water partition coefficient (Wildman–Crippen LogP) is 4.24. The number of aryl methyl sites for hydroxylation is 1. The van der Waals surface area contributed by atoms with Gasteiger partial charge in [0.15, 0.2) is 0 Å². The van der Waals surface area contributed by atoms with Crippen molar-refractivity contribution >= 4 is 29.2 Å². The number of halogens is 4. The fraction of sp³-hybridized carbons (Fsp3) is 0.381. The topological polar surface area (TPSA) is 89.5 Å². The molecule has 1 heterocycles. The molecule has 3 rings (SSSR count). The number of benzene rings is 1. The van der Waals surface area contributed by atoms with Crippen LogP contribution in [0.2, 0.25) is 5.02 Å². The fourth-order valence-corrected chi connectivity index (χ4v) is 3.04. The summed E-state index contributed by atoms with van der Waals surface area (Å²) in [5, 5.41) is 5.53. The first-order valence-electron chi connectivity index (χ1n) is 9.80. The molecule has 2 aromatic rings. The molecule has 1 aliphatic carbocycles. The Labute approximate surface area is 187 Å². The molecule has 172 valence electrons. The molecular formula is C21H21ClF3N3O4. The van der Waals surface area contributed by atoms with Crippen LogP contribution in [0.25, 0.3) is 0 Å². The number of nitrogens with zero attached hydrogens (tertiary/aromatic N) is 1. The van der Waals surface area contributed by atoms with E-state index in [1.807, 2.05) is 0 Å². The summed E-state index contributed by atoms with van der Waals surface area (Å²) in [7, 11) is 0. The lowest BCUT2D eigenvalue weighted by atomic mass is 10.2. The van der Waals surface area contributed by atoms with E-state index in [9.17, 15) is 22.8 Å². The van der Waals surface area contributed by atoms with Crippen molar-refractivity contribution in [1.29, 1.82) is 0 Å². The van der Waals surface area contributed by atoms with Crippen molar-refractivity contribution in [2.24, 2.45) is 5.92 Å². The molecule has 11 heteroatoms. The minimum absolute atomic E-state index is 0.0183. The van der Waals surface area contributed by atoms with Crippen molar-refractivity contribution < 1.29 is 32.2 Å². The van der Waals surface area contributed by atoms with Crippen LogP contribution in [0, 0.1) is 12.8 Å². The lowest BCUT2D eigenvalue weighted by Crippen LogP contribution is -2.28. The number of rotatable bonds is 9. The molecule has 32 heavy (non-hydrogen) atoms. The Hall–Kier alpha value is -2.85. The first-order valence-corrected chi connectivity index (χ1v) is 10.2. The molecular weight excluding hydrogens is 451 g/mol. The zero-order valence-corrected chi connectivity index (χ0v) is 17.8. The third kappa shape index (κ3) is 7.38. The van der Waals surface area contributed by atoms with E-state index < -0.39 is 13.0 Å². The number of amides is 2. The van der Waals surface area contributed by atoms with Gasteiger partial charge in [0.2, 0.25) is 5.91 Å². The number of alkyl halides is 3. The quantitative estimate of drug-likeness (QED) is 0.534. The number of ether oxygens (including phenoxy) is 2. The van der Waals surface area contributed by atoms with Crippen molar-refractivity contribution in [2.45, 2.75) is 32.7 Å². The average Bonchev–Trinajstić information content (AvgIpc) is 3.55. The van der Waals surface area contributed by atoms with Gasteiger partial charge in [-0.1, -0.05) is 17.7 Å². The summed E-state index contributed by atoms with van der Waals surface area (Å²) in [6.45, 7) is 1.30. The minimum atomic E-state index is -4.73. The predicted molar refractivity (Wildman–Crippen MR) is 110 cm³/mol. The second-order valence-corrected chi connectivity index (χ2v) is 7.66. The molecule has 7 nitrogen and oxygen atoms in total. The van der Waals surface area contributed by atoms with Gasteiger partial charge < -0.3 is 15.4 Å². The first kappa shape index (κ1) is 23.8. The molecule has 2 amide bonds. The van der Waals surface area contributed by atoms with E-state index in [-0.39, 0.29) is 47.2 Å². The molecule has 0 atom stereocenters. The Kier molecular flexibility index (Phi) is 7.57. The van der Waals surface area contributed by atoms with Gasteiger partial charge in [0.1, 0.15) is 18.2 Å². The molecule has 0 bridgehead atoms. The molecule has 0 aliphatic heterocycles. The summed E-state index contributed by atoms with van der Waals surface area (Å²) in [5.41, 5.74) is 1.17. The number of nitrogens with one attached hydrogen (secondary N) is 2. The van der Waals surface area contributed by atoms with Crippen LogP contribution in [0.1, 0.15) is 34.5 Å². The Balaban J connectivity index is 1.47. The standard InChI is InChI=1S/C21H21ClF3N3O4/c1-12-8-15(10-18(27-12)28-20(30)14-3-4-14)19(29)26-6-7-31-17-5-2-13(9-16(17)22)11-32-21(23,24)25/h2,5,8-10,14H,3-4,6-7,11H2,1H3,(H,26,29)(H,27,28,30). The maximum Gasteiger partial charge on any atom is 0.522 e. The van der Waals surface area contributed by atoms with Crippen molar-refractivity contribution in [3.05, 3.63) is 52.2 Å². The molecule has 0 unspecified atom stereocenters. The van der Waals surface area contributed by atoms with Crippen LogP contribution in [-0.2, 0) is 16.1 Å². The second-order valence-electron chi connectivity index (χ2n) is 7.25. The molecule has 1 saturated carbocycles. The minimum Gasteiger partial charge on any atom is -0.490 e. The maximum absolute atomic E-state index is 12.4. The van der Waals surface area contributed by atoms with Crippen LogP contribution < -0.4 is 15.4 Å². The highest BCUT2D eigenvalue weighted by atomic mass is 35.5. The number of hydrogen-bond donors (Lipinski definition) is 2. The van der Waals surface area contributed by atoms with Crippen LogP contribution in [-0.4, -0.2) is 36.3 Å². The van der Waals surface area contributed by atoms with E-state index in [0.29, 0.717) is 17.1 Å². The average molecular weight is 472 g/mol. The Morgan fingerprint density at radius 3 is 2.62 bits per heavy atom. The number of carbonyl (C=O) groups excluding carboxylic acids is 2. The van der Waals surface area contributed by atoms with Crippen LogP contribution in [0.3, 0.4) is 0 Å². The third-order valence-electron chi connectivity index (χ3n) is 4.46. The number of hydrogen-bond acceptors (Lipinski definition) is 5. The monoisotopic (exact) mass is 471 g/mol. The van der Waals surface area contributed by atoms with Gasteiger partial charge in [-0.25, -0.2) is 4.98 Å². The summed E-state index contributed by atoms with van der Waals surface area (Å²) < 4.78 is 45.6. The summed E-state index contributed by atoms with van der Waals surface area (Å²) in [6.07, 6.45) is -3.01. The Morgan fingerprint density at radius 1 is 1.22 bits per heavy atom. The van der Waals surface area contributed by atoms with Gasteiger partial charge in [0, 0.05) is 17.2 Å². The fourth-order valence-electron chi connectivity index (χ4n) is 2.78. The second kappa shape index (κ2) is 10.2. The van der Waals surface area contributed by atoms with E-state index in [2.05, 4.69) is 20.4 Å². The zero-order chi connectivity index (χ0) is 23.3. The Morgan fingerprint density at radius 2 is 1.97 bits per heavy atom. The number of carbonyl (C=O) groups is 2. The first-order chi connectivity index (χ1) is 15.1. The van der Waals surface area contributed by atoms with Gasteiger partial charge in [-0.3, -0.25) is 14.3 Å². The highest BCUT2D eigenvalue weighted by Gasteiger charge is 2.30.